The third-order valence-electron chi connectivity index (χ3n) is 3.35. The van der Waals surface area contributed by atoms with E-state index in [1.165, 1.54) is 42.5 Å². The van der Waals surface area contributed by atoms with Crippen LogP contribution in [0.3, 0.4) is 0 Å². The van der Waals surface area contributed by atoms with Crippen molar-refractivity contribution in [3.63, 3.8) is 0 Å². The standard InChI is InChI=1S/C17H12FNO3S/c1-10(16(20)11-2-5-13(18)6-3-11)22-17(21)12-4-7-14-15(8-12)23-9-19-14/h2-10H,1H3. The van der Waals surface area contributed by atoms with Crippen LogP contribution in [-0.2, 0) is 4.74 Å². The van der Waals surface area contributed by atoms with Gasteiger partial charge in [-0.3, -0.25) is 4.79 Å². The molecule has 0 radical (unpaired) electrons. The van der Waals surface area contributed by atoms with Crippen molar-refractivity contribution in [3.8, 4) is 0 Å². The Bertz CT molecular complexity index is 873. The van der Waals surface area contributed by atoms with Crippen molar-refractivity contribution in [2.75, 3.05) is 0 Å². The molecule has 0 spiro atoms. The van der Waals surface area contributed by atoms with Gasteiger partial charge in [-0.2, -0.15) is 0 Å². The van der Waals surface area contributed by atoms with E-state index in [2.05, 4.69) is 4.98 Å². The number of hydrogen-bond acceptors (Lipinski definition) is 5. The molecule has 2 aromatic carbocycles. The minimum absolute atomic E-state index is 0.296. The van der Waals surface area contributed by atoms with Crippen molar-refractivity contribution < 1.29 is 18.7 Å². The number of esters is 1. The van der Waals surface area contributed by atoms with Gasteiger partial charge in [0.1, 0.15) is 5.82 Å². The second kappa shape index (κ2) is 6.26. The van der Waals surface area contributed by atoms with Gasteiger partial charge in [0.15, 0.2) is 6.10 Å². The van der Waals surface area contributed by atoms with Gasteiger partial charge in [0.05, 0.1) is 21.3 Å². The highest BCUT2D eigenvalue weighted by Gasteiger charge is 2.20. The second-order valence-electron chi connectivity index (χ2n) is 4.95. The van der Waals surface area contributed by atoms with Crippen LogP contribution in [0.4, 0.5) is 4.39 Å². The fourth-order valence-corrected chi connectivity index (χ4v) is 2.83. The predicted octanol–water partition coefficient (Wildman–Crippen LogP) is 3.86. The van der Waals surface area contributed by atoms with Gasteiger partial charge < -0.3 is 4.74 Å². The van der Waals surface area contributed by atoms with E-state index in [1.54, 1.807) is 23.7 Å². The number of ketones is 1. The van der Waals surface area contributed by atoms with Gasteiger partial charge in [-0.15, -0.1) is 11.3 Å². The van der Waals surface area contributed by atoms with Crippen LogP contribution in [0.15, 0.2) is 48.0 Å². The molecule has 6 heteroatoms. The van der Waals surface area contributed by atoms with Crippen molar-refractivity contribution in [1.82, 2.24) is 4.98 Å². The van der Waals surface area contributed by atoms with Gasteiger partial charge in [0.25, 0.3) is 0 Å². The van der Waals surface area contributed by atoms with Crippen molar-refractivity contribution >= 4 is 33.3 Å². The number of rotatable bonds is 4. The average Bonchev–Trinajstić information content (AvgIpc) is 3.02. The monoisotopic (exact) mass is 329 g/mol. The molecule has 0 saturated heterocycles. The van der Waals surface area contributed by atoms with Crippen LogP contribution < -0.4 is 0 Å². The molecule has 0 N–H and O–H groups in total. The Balaban J connectivity index is 1.73. The van der Waals surface area contributed by atoms with Crippen LogP contribution in [0.5, 0.6) is 0 Å². The van der Waals surface area contributed by atoms with E-state index in [-0.39, 0.29) is 5.78 Å². The number of fused-ring (bicyclic) bond motifs is 1. The summed E-state index contributed by atoms with van der Waals surface area (Å²) in [6.07, 6.45) is -0.954. The van der Waals surface area contributed by atoms with Crippen LogP contribution in [-0.4, -0.2) is 22.8 Å². The third kappa shape index (κ3) is 3.27. The number of thiazole rings is 1. The number of aromatic nitrogens is 1. The van der Waals surface area contributed by atoms with E-state index >= 15 is 0 Å². The molecule has 0 aliphatic heterocycles. The fraction of sp³-hybridized carbons (Fsp3) is 0.118. The van der Waals surface area contributed by atoms with Crippen molar-refractivity contribution in [3.05, 3.63) is 64.9 Å². The maximum atomic E-state index is 12.9. The van der Waals surface area contributed by atoms with E-state index in [9.17, 15) is 14.0 Å². The minimum atomic E-state index is -0.954. The summed E-state index contributed by atoms with van der Waals surface area (Å²) < 4.78 is 19.0. The van der Waals surface area contributed by atoms with Crippen LogP contribution in [0.25, 0.3) is 10.2 Å². The molecule has 3 aromatic rings. The van der Waals surface area contributed by atoms with E-state index in [4.69, 9.17) is 4.74 Å². The number of ether oxygens (including phenoxy) is 1. The molecule has 1 heterocycles. The highest BCUT2D eigenvalue weighted by atomic mass is 32.1. The number of Topliss-reactive ketones (excluding diaryl/α,β-unsaturated/α-hetero) is 1. The molecule has 0 aliphatic rings. The highest BCUT2D eigenvalue weighted by Crippen LogP contribution is 2.20. The first-order valence-corrected chi connectivity index (χ1v) is 7.76. The zero-order valence-electron chi connectivity index (χ0n) is 12.2. The van der Waals surface area contributed by atoms with Crippen LogP contribution in [0, 0.1) is 5.82 Å². The number of nitrogens with zero attached hydrogens (tertiary/aromatic N) is 1. The molecule has 0 fully saturated rings. The van der Waals surface area contributed by atoms with E-state index in [0.717, 1.165) is 10.2 Å². The SMILES string of the molecule is CC(OC(=O)c1ccc2ncsc2c1)C(=O)c1ccc(F)cc1. The zero-order chi connectivity index (χ0) is 16.4. The summed E-state index contributed by atoms with van der Waals surface area (Å²) in [5.41, 5.74) is 3.16. The van der Waals surface area contributed by atoms with Gasteiger partial charge in [0.2, 0.25) is 5.78 Å². The molecule has 0 bridgehead atoms. The van der Waals surface area contributed by atoms with Crippen LogP contribution >= 0.6 is 11.3 Å². The van der Waals surface area contributed by atoms with Gasteiger partial charge in [-0.25, -0.2) is 14.2 Å². The Morgan fingerprint density at radius 2 is 1.83 bits per heavy atom. The molecule has 1 aromatic heterocycles. The summed E-state index contributed by atoms with van der Waals surface area (Å²) in [5.74, 6) is -1.38. The van der Waals surface area contributed by atoms with Crippen molar-refractivity contribution in [1.29, 1.82) is 0 Å². The Hall–Kier alpha value is -2.60. The molecule has 4 nitrogen and oxygen atoms in total. The number of hydrogen-bond donors (Lipinski definition) is 0. The quantitative estimate of drug-likeness (QED) is 0.539. The Kier molecular flexibility index (Phi) is 4.16. The Morgan fingerprint density at radius 3 is 2.57 bits per heavy atom. The lowest BCUT2D eigenvalue weighted by molar-refractivity contribution is 0.0319. The van der Waals surface area contributed by atoms with Crippen molar-refractivity contribution in [2.45, 2.75) is 13.0 Å². The Labute approximate surface area is 135 Å². The minimum Gasteiger partial charge on any atom is -0.451 e. The van der Waals surface area contributed by atoms with Crippen LogP contribution in [0.2, 0.25) is 0 Å². The molecular formula is C17H12FNO3S. The fourth-order valence-electron chi connectivity index (χ4n) is 2.11. The topological polar surface area (TPSA) is 56.3 Å². The normalized spacial score (nSPS) is 12.1. The third-order valence-corrected chi connectivity index (χ3v) is 4.14. The number of benzene rings is 2. The Morgan fingerprint density at radius 1 is 1.13 bits per heavy atom. The zero-order valence-corrected chi connectivity index (χ0v) is 13.0. The number of halogens is 1. The molecule has 1 unspecified atom stereocenters. The summed E-state index contributed by atoms with van der Waals surface area (Å²) in [5, 5.41) is 0. The first-order chi connectivity index (χ1) is 11.0. The molecule has 116 valence electrons. The summed E-state index contributed by atoms with van der Waals surface area (Å²) in [4.78, 5) is 28.5. The molecule has 0 saturated carbocycles. The molecule has 3 rings (SSSR count). The number of carbonyl (C=O) groups excluding carboxylic acids is 2. The molecule has 1 atom stereocenters. The van der Waals surface area contributed by atoms with Gasteiger partial charge >= 0.3 is 5.97 Å². The van der Waals surface area contributed by atoms with Crippen LogP contribution in [0.1, 0.15) is 27.6 Å². The highest BCUT2D eigenvalue weighted by molar-refractivity contribution is 7.16. The smallest absolute Gasteiger partial charge is 0.338 e. The summed E-state index contributed by atoms with van der Waals surface area (Å²) in [6.45, 7) is 1.49. The van der Waals surface area contributed by atoms with Gasteiger partial charge in [-0.05, 0) is 49.4 Å². The lowest BCUT2D eigenvalue weighted by Gasteiger charge is -2.12. The summed E-state index contributed by atoms with van der Waals surface area (Å²) >= 11 is 1.42. The predicted molar refractivity (Wildman–Crippen MR) is 85.2 cm³/mol. The molecular weight excluding hydrogens is 317 g/mol. The molecule has 23 heavy (non-hydrogen) atoms. The maximum absolute atomic E-state index is 12.9. The lowest BCUT2D eigenvalue weighted by Crippen LogP contribution is -2.24. The maximum Gasteiger partial charge on any atom is 0.338 e. The lowest BCUT2D eigenvalue weighted by atomic mass is 10.1. The van der Waals surface area contributed by atoms with E-state index in [0.29, 0.717) is 11.1 Å². The summed E-state index contributed by atoms with van der Waals surface area (Å²) in [6, 6.07) is 10.1. The largest absolute Gasteiger partial charge is 0.451 e. The average molecular weight is 329 g/mol. The molecule has 0 amide bonds. The first-order valence-electron chi connectivity index (χ1n) is 6.88. The first kappa shape index (κ1) is 15.3. The van der Waals surface area contributed by atoms with Gasteiger partial charge in [-0.1, -0.05) is 0 Å². The summed E-state index contributed by atoms with van der Waals surface area (Å²) in [7, 11) is 0. The number of carbonyl (C=O) groups is 2. The van der Waals surface area contributed by atoms with E-state index < -0.39 is 17.9 Å². The van der Waals surface area contributed by atoms with Crippen molar-refractivity contribution in [2.24, 2.45) is 0 Å². The van der Waals surface area contributed by atoms with Gasteiger partial charge in [0, 0.05) is 5.56 Å². The molecule has 0 aliphatic carbocycles. The second-order valence-corrected chi connectivity index (χ2v) is 5.84. The van der Waals surface area contributed by atoms with E-state index in [1.807, 2.05) is 0 Å².